The van der Waals surface area contributed by atoms with E-state index in [1.807, 2.05) is 30.3 Å². The zero-order valence-electron chi connectivity index (χ0n) is 11.5. The van der Waals surface area contributed by atoms with Gasteiger partial charge in [0, 0.05) is 19.6 Å². The summed E-state index contributed by atoms with van der Waals surface area (Å²) in [4.78, 5) is 2.06. The third kappa shape index (κ3) is 2.40. The van der Waals surface area contributed by atoms with Crippen molar-refractivity contribution in [2.45, 2.75) is 6.54 Å². The Morgan fingerprint density at radius 1 is 1.10 bits per heavy atom. The summed E-state index contributed by atoms with van der Waals surface area (Å²) in [6.07, 6.45) is 0. The molecule has 2 aromatic carbocycles. The van der Waals surface area contributed by atoms with Crippen LogP contribution in [0.2, 0.25) is 0 Å². The van der Waals surface area contributed by atoms with Crippen molar-refractivity contribution in [3.8, 4) is 12.1 Å². The summed E-state index contributed by atoms with van der Waals surface area (Å²) >= 11 is 0. The predicted octanol–water partition coefficient (Wildman–Crippen LogP) is 2.50. The summed E-state index contributed by atoms with van der Waals surface area (Å²) in [6, 6.07) is 18.4. The molecule has 0 amide bonds. The first-order valence-electron chi connectivity index (χ1n) is 6.83. The fourth-order valence-corrected chi connectivity index (χ4v) is 2.70. The van der Waals surface area contributed by atoms with Crippen LogP contribution in [0.5, 0.6) is 0 Å². The maximum Gasteiger partial charge on any atom is 0.169 e. The number of hydrogen-bond donors (Lipinski definition) is 1. The van der Waals surface area contributed by atoms with Crippen LogP contribution < -0.4 is 5.32 Å². The van der Waals surface area contributed by atoms with E-state index in [-0.39, 0.29) is 5.57 Å². The smallest absolute Gasteiger partial charge is 0.169 e. The van der Waals surface area contributed by atoms with Gasteiger partial charge in [0.25, 0.3) is 0 Å². The van der Waals surface area contributed by atoms with Gasteiger partial charge in [-0.05, 0) is 16.3 Å². The quantitative estimate of drug-likeness (QED) is 0.855. The van der Waals surface area contributed by atoms with Gasteiger partial charge in [0.1, 0.15) is 18.0 Å². The maximum atomic E-state index is 9.05. The van der Waals surface area contributed by atoms with Gasteiger partial charge in [-0.3, -0.25) is 0 Å². The number of allylic oxidation sites excluding steroid dienone is 1. The number of nitrogens with zero attached hydrogens (tertiary/aromatic N) is 3. The minimum atomic E-state index is 0.146. The molecule has 3 rings (SSSR count). The summed E-state index contributed by atoms with van der Waals surface area (Å²) in [5.41, 5.74) is 1.34. The van der Waals surface area contributed by atoms with E-state index in [1.54, 1.807) is 0 Å². The number of rotatable bonds is 2. The van der Waals surface area contributed by atoms with Gasteiger partial charge in [-0.15, -0.1) is 0 Å². The third-order valence-corrected chi connectivity index (χ3v) is 3.69. The fraction of sp³-hybridized carbons (Fsp3) is 0.176. The lowest BCUT2D eigenvalue weighted by Gasteiger charge is -2.20. The molecule has 1 fully saturated rings. The van der Waals surface area contributed by atoms with E-state index in [2.05, 4.69) is 34.5 Å². The molecule has 0 saturated carbocycles. The molecule has 21 heavy (non-hydrogen) atoms. The number of nitriles is 2. The van der Waals surface area contributed by atoms with Crippen LogP contribution in [0, 0.1) is 22.7 Å². The van der Waals surface area contributed by atoms with Gasteiger partial charge in [-0.25, -0.2) is 0 Å². The molecule has 0 bridgehead atoms. The van der Waals surface area contributed by atoms with Gasteiger partial charge in [0.2, 0.25) is 0 Å². The number of benzene rings is 2. The molecule has 102 valence electrons. The van der Waals surface area contributed by atoms with Crippen molar-refractivity contribution in [1.29, 1.82) is 10.5 Å². The monoisotopic (exact) mass is 274 g/mol. The summed E-state index contributed by atoms with van der Waals surface area (Å²) < 4.78 is 0. The summed E-state index contributed by atoms with van der Waals surface area (Å²) in [5.74, 6) is 0.646. The number of hydrogen-bond acceptors (Lipinski definition) is 4. The van der Waals surface area contributed by atoms with Crippen LogP contribution in [-0.4, -0.2) is 18.0 Å². The van der Waals surface area contributed by atoms with E-state index >= 15 is 0 Å². The van der Waals surface area contributed by atoms with E-state index in [1.165, 1.54) is 16.3 Å². The van der Waals surface area contributed by atoms with Crippen LogP contribution in [0.15, 0.2) is 53.9 Å². The highest BCUT2D eigenvalue weighted by Crippen LogP contribution is 2.22. The molecule has 4 nitrogen and oxygen atoms in total. The standard InChI is InChI=1S/C17H14N4/c18-10-15(11-19)17-20-8-9-21(17)12-14-6-3-5-13-4-1-2-7-16(13)14/h1-7,20H,8-9,12H2. The maximum absolute atomic E-state index is 9.05. The second kappa shape index (κ2) is 5.56. The van der Waals surface area contributed by atoms with E-state index in [0.717, 1.165) is 13.1 Å². The first-order chi connectivity index (χ1) is 10.3. The molecule has 0 aromatic heterocycles. The topological polar surface area (TPSA) is 62.9 Å². The molecule has 0 unspecified atom stereocenters. The summed E-state index contributed by atoms with van der Waals surface area (Å²) in [5, 5.41) is 23.6. The van der Waals surface area contributed by atoms with Crippen molar-refractivity contribution >= 4 is 10.8 Å². The van der Waals surface area contributed by atoms with Crippen molar-refractivity contribution in [1.82, 2.24) is 10.2 Å². The van der Waals surface area contributed by atoms with Crippen LogP contribution in [0.4, 0.5) is 0 Å². The van der Waals surface area contributed by atoms with Gasteiger partial charge >= 0.3 is 0 Å². The Balaban J connectivity index is 1.98. The Kier molecular flexibility index (Phi) is 3.45. The molecule has 1 aliphatic heterocycles. The first kappa shape index (κ1) is 13.0. The van der Waals surface area contributed by atoms with E-state index in [0.29, 0.717) is 12.4 Å². The normalized spacial score (nSPS) is 13.6. The second-order valence-electron chi connectivity index (χ2n) is 4.93. The van der Waals surface area contributed by atoms with Crippen molar-refractivity contribution in [3.05, 3.63) is 59.4 Å². The SMILES string of the molecule is N#CC(C#N)=C1NCCN1Cc1cccc2ccccc12. The van der Waals surface area contributed by atoms with Crippen LogP contribution >= 0.6 is 0 Å². The Hall–Kier alpha value is -2.98. The van der Waals surface area contributed by atoms with Crippen LogP contribution in [0.25, 0.3) is 10.8 Å². The Morgan fingerprint density at radius 2 is 1.86 bits per heavy atom. The van der Waals surface area contributed by atoms with Gasteiger partial charge in [-0.1, -0.05) is 42.5 Å². The van der Waals surface area contributed by atoms with Crippen molar-refractivity contribution in [3.63, 3.8) is 0 Å². The largest absolute Gasteiger partial charge is 0.368 e. The van der Waals surface area contributed by atoms with Gasteiger partial charge in [0.05, 0.1) is 0 Å². The highest BCUT2D eigenvalue weighted by atomic mass is 15.3. The zero-order chi connectivity index (χ0) is 14.7. The highest BCUT2D eigenvalue weighted by Gasteiger charge is 2.21. The van der Waals surface area contributed by atoms with E-state index in [4.69, 9.17) is 10.5 Å². The minimum absolute atomic E-state index is 0.146. The molecule has 4 heteroatoms. The summed E-state index contributed by atoms with van der Waals surface area (Å²) in [6.45, 7) is 2.24. The zero-order valence-corrected chi connectivity index (χ0v) is 11.5. The van der Waals surface area contributed by atoms with Crippen molar-refractivity contribution in [2.24, 2.45) is 0 Å². The van der Waals surface area contributed by atoms with Crippen LogP contribution in [-0.2, 0) is 6.54 Å². The lowest BCUT2D eigenvalue weighted by atomic mass is 10.0. The molecule has 0 radical (unpaired) electrons. The summed E-state index contributed by atoms with van der Waals surface area (Å²) in [7, 11) is 0. The van der Waals surface area contributed by atoms with E-state index in [9.17, 15) is 0 Å². The molecule has 1 heterocycles. The molecule has 1 saturated heterocycles. The molecule has 2 aromatic rings. The first-order valence-corrected chi connectivity index (χ1v) is 6.83. The Bertz CT molecular complexity index is 771. The average molecular weight is 274 g/mol. The molecule has 0 spiro atoms. The average Bonchev–Trinajstić information content (AvgIpc) is 2.97. The predicted molar refractivity (Wildman–Crippen MR) is 80.6 cm³/mol. The molecule has 1 N–H and O–H groups in total. The fourth-order valence-electron chi connectivity index (χ4n) is 2.70. The van der Waals surface area contributed by atoms with Crippen LogP contribution in [0.3, 0.4) is 0 Å². The molecule has 0 atom stereocenters. The second-order valence-corrected chi connectivity index (χ2v) is 4.93. The Labute approximate surface area is 123 Å². The van der Waals surface area contributed by atoms with Crippen molar-refractivity contribution in [2.75, 3.05) is 13.1 Å². The lowest BCUT2D eigenvalue weighted by Crippen LogP contribution is -2.21. The number of fused-ring (bicyclic) bond motifs is 1. The highest BCUT2D eigenvalue weighted by molar-refractivity contribution is 5.85. The van der Waals surface area contributed by atoms with Gasteiger partial charge in [-0.2, -0.15) is 10.5 Å². The number of nitrogens with one attached hydrogen (secondary N) is 1. The lowest BCUT2D eigenvalue weighted by molar-refractivity contribution is 0.388. The third-order valence-electron chi connectivity index (χ3n) is 3.69. The van der Waals surface area contributed by atoms with Crippen LogP contribution in [0.1, 0.15) is 5.56 Å². The van der Waals surface area contributed by atoms with Crippen molar-refractivity contribution < 1.29 is 0 Å². The minimum Gasteiger partial charge on any atom is -0.368 e. The molecular weight excluding hydrogens is 260 g/mol. The van der Waals surface area contributed by atoms with Gasteiger partial charge < -0.3 is 10.2 Å². The van der Waals surface area contributed by atoms with E-state index < -0.39 is 0 Å². The molecular formula is C17H14N4. The molecule has 0 aliphatic carbocycles. The Morgan fingerprint density at radius 3 is 2.67 bits per heavy atom. The molecule has 1 aliphatic rings. The van der Waals surface area contributed by atoms with Gasteiger partial charge in [0.15, 0.2) is 5.57 Å².